The van der Waals surface area contributed by atoms with Gasteiger partial charge in [-0.05, 0) is 45.9 Å². The van der Waals surface area contributed by atoms with Crippen LogP contribution in [0, 0.1) is 0 Å². The van der Waals surface area contributed by atoms with Crippen LogP contribution in [0.2, 0.25) is 0 Å². The molecule has 0 aliphatic carbocycles. The molecule has 0 saturated carbocycles. The van der Waals surface area contributed by atoms with Gasteiger partial charge in [0.05, 0.1) is 22.9 Å². The van der Waals surface area contributed by atoms with E-state index in [-0.39, 0.29) is 24.0 Å². The number of aromatic nitrogens is 1. The van der Waals surface area contributed by atoms with Gasteiger partial charge in [0.25, 0.3) is 11.8 Å². The van der Waals surface area contributed by atoms with Crippen LogP contribution in [0.25, 0.3) is 0 Å². The Morgan fingerprint density at radius 2 is 1.64 bits per heavy atom. The van der Waals surface area contributed by atoms with Gasteiger partial charge in [-0.3, -0.25) is 14.6 Å². The van der Waals surface area contributed by atoms with E-state index in [9.17, 15) is 9.59 Å². The van der Waals surface area contributed by atoms with Gasteiger partial charge in [0.2, 0.25) is 0 Å². The zero-order valence-electron chi connectivity index (χ0n) is 14.9. The Bertz CT molecular complexity index is 757. The van der Waals surface area contributed by atoms with Crippen LogP contribution in [0.4, 0.5) is 5.69 Å². The Morgan fingerprint density at radius 3 is 2.28 bits per heavy atom. The van der Waals surface area contributed by atoms with Gasteiger partial charge in [0.15, 0.2) is 0 Å². The summed E-state index contributed by atoms with van der Waals surface area (Å²) in [5.41, 5.74) is 1.21. The second kappa shape index (κ2) is 8.28. The highest BCUT2D eigenvalue weighted by molar-refractivity contribution is 6.06. The van der Waals surface area contributed by atoms with Crippen molar-refractivity contribution in [3.63, 3.8) is 0 Å². The number of nitrogens with one attached hydrogen (secondary N) is 2. The van der Waals surface area contributed by atoms with E-state index in [1.54, 1.807) is 12.1 Å². The van der Waals surface area contributed by atoms with Crippen LogP contribution in [0.1, 0.15) is 48.4 Å². The summed E-state index contributed by atoms with van der Waals surface area (Å²) in [7, 11) is 0. The first-order chi connectivity index (χ1) is 11.9. The molecule has 1 aromatic heterocycles. The van der Waals surface area contributed by atoms with Crippen molar-refractivity contribution in [1.29, 1.82) is 0 Å². The number of nitrogens with zero attached hydrogens (tertiary/aromatic N) is 1. The van der Waals surface area contributed by atoms with E-state index in [2.05, 4.69) is 15.6 Å². The first-order valence-corrected chi connectivity index (χ1v) is 8.19. The molecule has 0 aliphatic rings. The highest BCUT2D eigenvalue weighted by Gasteiger charge is 2.14. The lowest BCUT2D eigenvalue weighted by atomic mass is 10.1. The lowest BCUT2D eigenvalue weighted by Gasteiger charge is -2.15. The molecule has 2 amide bonds. The summed E-state index contributed by atoms with van der Waals surface area (Å²) < 4.78 is 5.69. The zero-order chi connectivity index (χ0) is 18.4. The number of rotatable bonds is 6. The second-order valence-electron chi connectivity index (χ2n) is 6.21. The zero-order valence-corrected chi connectivity index (χ0v) is 14.9. The van der Waals surface area contributed by atoms with Crippen molar-refractivity contribution in [2.45, 2.75) is 39.8 Å². The maximum Gasteiger partial charge on any atom is 0.257 e. The molecule has 0 unspecified atom stereocenters. The molecule has 0 bridgehead atoms. The largest absolute Gasteiger partial charge is 0.489 e. The van der Waals surface area contributed by atoms with E-state index in [4.69, 9.17) is 4.74 Å². The highest BCUT2D eigenvalue weighted by atomic mass is 16.5. The van der Waals surface area contributed by atoms with Crippen molar-refractivity contribution < 1.29 is 14.3 Å². The third kappa shape index (κ3) is 5.31. The quantitative estimate of drug-likeness (QED) is 0.845. The van der Waals surface area contributed by atoms with Gasteiger partial charge in [-0.1, -0.05) is 12.1 Å². The van der Waals surface area contributed by atoms with Crippen molar-refractivity contribution in [2.24, 2.45) is 0 Å². The maximum atomic E-state index is 12.5. The average Bonchev–Trinajstić information content (AvgIpc) is 2.55. The van der Waals surface area contributed by atoms with Crippen molar-refractivity contribution >= 4 is 17.5 Å². The van der Waals surface area contributed by atoms with Crippen LogP contribution >= 0.6 is 0 Å². The molecule has 6 heteroatoms. The first-order valence-electron chi connectivity index (χ1n) is 8.19. The lowest BCUT2D eigenvalue weighted by molar-refractivity contribution is 0.0942. The molecular weight excluding hydrogens is 318 g/mol. The molecule has 1 aromatic carbocycles. The molecular formula is C19H23N3O3. The SMILES string of the molecule is CC(C)NC(=O)c1cncc(C(=O)Nc2ccccc2OC(C)C)c1. The predicted molar refractivity (Wildman–Crippen MR) is 97.0 cm³/mol. The molecule has 0 atom stereocenters. The Morgan fingerprint density at radius 1 is 1.00 bits per heavy atom. The molecule has 2 rings (SSSR count). The van der Waals surface area contributed by atoms with Gasteiger partial charge in [0.1, 0.15) is 5.75 Å². The van der Waals surface area contributed by atoms with Gasteiger partial charge in [-0.25, -0.2) is 0 Å². The summed E-state index contributed by atoms with van der Waals surface area (Å²) in [5.74, 6) is -0.0280. The maximum absolute atomic E-state index is 12.5. The molecule has 25 heavy (non-hydrogen) atoms. The minimum absolute atomic E-state index is 0.00467. The first kappa shape index (κ1) is 18.4. The van der Waals surface area contributed by atoms with Crippen molar-refractivity contribution in [3.05, 3.63) is 53.9 Å². The molecule has 0 fully saturated rings. The number of anilines is 1. The molecule has 2 aromatic rings. The minimum Gasteiger partial charge on any atom is -0.489 e. The third-order valence-corrected chi connectivity index (χ3v) is 3.18. The van der Waals surface area contributed by atoms with E-state index in [0.717, 1.165) is 0 Å². The van der Waals surface area contributed by atoms with E-state index in [1.807, 2.05) is 39.8 Å². The summed E-state index contributed by atoms with van der Waals surface area (Å²) >= 11 is 0. The van der Waals surface area contributed by atoms with Gasteiger partial charge in [-0.15, -0.1) is 0 Å². The number of carbonyl (C=O) groups excluding carboxylic acids is 2. The Labute approximate surface area is 147 Å². The summed E-state index contributed by atoms with van der Waals surface area (Å²) in [4.78, 5) is 28.6. The number of carbonyl (C=O) groups is 2. The summed E-state index contributed by atoms with van der Waals surface area (Å²) in [6, 6.07) is 8.73. The molecule has 0 spiro atoms. The number of hydrogen-bond acceptors (Lipinski definition) is 4. The monoisotopic (exact) mass is 341 g/mol. The van der Waals surface area contributed by atoms with Crippen molar-refractivity contribution in [3.8, 4) is 5.75 Å². The molecule has 132 valence electrons. The molecule has 0 radical (unpaired) electrons. The fourth-order valence-electron chi connectivity index (χ4n) is 2.15. The highest BCUT2D eigenvalue weighted by Crippen LogP contribution is 2.25. The lowest BCUT2D eigenvalue weighted by Crippen LogP contribution is -2.30. The summed E-state index contributed by atoms with van der Waals surface area (Å²) in [5, 5.41) is 5.58. The average molecular weight is 341 g/mol. The number of ether oxygens (including phenoxy) is 1. The molecule has 1 heterocycles. The van der Waals surface area contributed by atoms with E-state index in [0.29, 0.717) is 22.6 Å². The van der Waals surface area contributed by atoms with Crippen molar-refractivity contribution in [1.82, 2.24) is 10.3 Å². The molecule has 6 nitrogen and oxygen atoms in total. The normalized spacial score (nSPS) is 10.6. The second-order valence-corrected chi connectivity index (χ2v) is 6.21. The smallest absolute Gasteiger partial charge is 0.257 e. The van der Waals surface area contributed by atoms with Gasteiger partial charge in [0, 0.05) is 18.4 Å². The predicted octanol–water partition coefficient (Wildman–Crippen LogP) is 3.26. The van der Waals surface area contributed by atoms with Crippen LogP contribution in [-0.4, -0.2) is 28.9 Å². The number of hydrogen-bond donors (Lipinski definition) is 2. The van der Waals surface area contributed by atoms with Gasteiger partial charge < -0.3 is 15.4 Å². The van der Waals surface area contributed by atoms with Crippen LogP contribution < -0.4 is 15.4 Å². The van der Waals surface area contributed by atoms with Gasteiger partial charge in [-0.2, -0.15) is 0 Å². The molecule has 2 N–H and O–H groups in total. The van der Waals surface area contributed by atoms with Crippen molar-refractivity contribution in [2.75, 3.05) is 5.32 Å². The van der Waals surface area contributed by atoms with Crippen LogP contribution in [-0.2, 0) is 0 Å². The third-order valence-electron chi connectivity index (χ3n) is 3.18. The summed E-state index contributed by atoms with van der Waals surface area (Å²) in [6.45, 7) is 7.57. The topological polar surface area (TPSA) is 80.3 Å². The van der Waals surface area contributed by atoms with Crippen LogP contribution in [0.3, 0.4) is 0 Å². The van der Waals surface area contributed by atoms with E-state index < -0.39 is 0 Å². The number of amides is 2. The number of benzene rings is 1. The van der Waals surface area contributed by atoms with Crippen LogP contribution in [0.15, 0.2) is 42.7 Å². The Hall–Kier alpha value is -2.89. The van der Waals surface area contributed by atoms with Crippen LogP contribution in [0.5, 0.6) is 5.75 Å². The Balaban J connectivity index is 2.18. The number of pyridine rings is 1. The number of para-hydroxylation sites is 2. The fraction of sp³-hybridized carbons (Fsp3) is 0.316. The molecule has 0 saturated heterocycles. The van der Waals surface area contributed by atoms with E-state index >= 15 is 0 Å². The minimum atomic E-state index is -0.355. The molecule has 0 aliphatic heterocycles. The standard InChI is InChI=1S/C19H23N3O3/c1-12(2)21-18(23)14-9-15(11-20-10-14)19(24)22-16-7-5-6-8-17(16)25-13(3)4/h5-13H,1-4H3,(H,21,23)(H,22,24). The summed E-state index contributed by atoms with van der Waals surface area (Å²) in [6.07, 6.45) is 2.85. The Kier molecular flexibility index (Phi) is 6.11. The fourth-order valence-corrected chi connectivity index (χ4v) is 2.15. The van der Waals surface area contributed by atoms with E-state index in [1.165, 1.54) is 18.5 Å². The van der Waals surface area contributed by atoms with Gasteiger partial charge >= 0.3 is 0 Å².